The third-order valence-electron chi connectivity index (χ3n) is 1.56. The number of aliphatic imine (C=N–C) groups is 1. The molecule has 0 amide bonds. The van der Waals surface area contributed by atoms with E-state index in [1.165, 1.54) is 6.21 Å². The van der Waals surface area contributed by atoms with E-state index in [4.69, 9.17) is 10.1 Å². The van der Waals surface area contributed by atoms with Crippen molar-refractivity contribution in [2.24, 2.45) is 4.99 Å². The van der Waals surface area contributed by atoms with E-state index < -0.39 is 5.97 Å². The molecule has 80 valence electrons. The Bertz CT molecular complexity index is 372. The number of carbonyl (C=O) groups is 1. The first-order chi connectivity index (χ1) is 7.19. The average Bonchev–Trinajstić information content (AvgIpc) is 2.22. The van der Waals surface area contributed by atoms with Crippen molar-refractivity contribution in [1.29, 1.82) is 5.41 Å². The number of hydrogen-bond donors (Lipinski definition) is 2. The minimum absolute atomic E-state index is 0.101. The molecule has 0 aromatic heterocycles. The van der Waals surface area contributed by atoms with Crippen molar-refractivity contribution in [3.05, 3.63) is 22.1 Å². The maximum Gasteiger partial charge on any atom is 0.343 e. The molecular weight excluding hydrogens is 262 g/mol. The lowest BCUT2D eigenvalue weighted by Crippen LogP contribution is -2.18. The van der Waals surface area contributed by atoms with E-state index in [2.05, 4.69) is 26.2 Å². The van der Waals surface area contributed by atoms with Crippen LogP contribution in [0.3, 0.4) is 0 Å². The lowest BCUT2D eigenvalue weighted by molar-refractivity contribution is -0.137. The Labute approximate surface area is 95.5 Å². The zero-order valence-corrected chi connectivity index (χ0v) is 9.67. The molecule has 0 radical (unpaired) electrons. The lowest BCUT2D eigenvalue weighted by Gasteiger charge is -2.10. The van der Waals surface area contributed by atoms with Gasteiger partial charge in [-0.05, 0) is 22.9 Å². The van der Waals surface area contributed by atoms with Crippen LogP contribution in [0.4, 0.5) is 0 Å². The fourth-order valence-electron chi connectivity index (χ4n) is 0.918. The monoisotopic (exact) mass is 271 g/mol. The van der Waals surface area contributed by atoms with Crippen LogP contribution in [0, 0.1) is 5.41 Å². The number of nitrogens with zero attached hydrogens (tertiary/aromatic N) is 1. The molecular formula is C9H10BrN3O2. The number of nitrogens with one attached hydrogen (secondary N) is 2. The van der Waals surface area contributed by atoms with E-state index in [0.717, 1.165) is 10.7 Å². The predicted molar refractivity (Wildman–Crippen MR) is 61.1 cm³/mol. The topological polar surface area (TPSA) is 74.5 Å². The van der Waals surface area contributed by atoms with Gasteiger partial charge in [0.25, 0.3) is 0 Å². The number of rotatable bonds is 3. The summed E-state index contributed by atoms with van der Waals surface area (Å²) in [5.41, 5.74) is 0.101. The summed E-state index contributed by atoms with van der Waals surface area (Å²) in [7, 11) is 0. The molecule has 0 saturated carbocycles. The Kier molecular flexibility index (Phi) is 4.23. The summed E-state index contributed by atoms with van der Waals surface area (Å²) in [5, 5.41) is 9.91. The second kappa shape index (κ2) is 5.45. The maximum absolute atomic E-state index is 11.4. The zero-order valence-electron chi connectivity index (χ0n) is 8.08. The summed E-state index contributed by atoms with van der Waals surface area (Å²) in [5.74, 6) is -0.245. The summed E-state index contributed by atoms with van der Waals surface area (Å²) >= 11 is 3.21. The first-order valence-electron chi connectivity index (χ1n) is 4.27. The molecule has 0 aliphatic carbocycles. The highest BCUT2D eigenvalue weighted by Crippen LogP contribution is 2.11. The van der Waals surface area contributed by atoms with Gasteiger partial charge < -0.3 is 15.5 Å². The summed E-state index contributed by atoms with van der Waals surface area (Å²) in [6, 6.07) is 0. The van der Waals surface area contributed by atoms with Gasteiger partial charge in [-0.15, -0.1) is 0 Å². The normalized spacial score (nSPS) is 17.6. The highest BCUT2D eigenvalue weighted by Gasteiger charge is 2.14. The van der Waals surface area contributed by atoms with E-state index >= 15 is 0 Å². The van der Waals surface area contributed by atoms with Gasteiger partial charge in [0.05, 0.1) is 11.1 Å². The minimum Gasteiger partial charge on any atom is -0.462 e. The number of ether oxygens (including phenoxy) is 1. The average molecular weight is 272 g/mol. The highest BCUT2D eigenvalue weighted by molar-refractivity contribution is 9.12. The van der Waals surface area contributed by atoms with Crippen LogP contribution in [0.2, 0.25) is 0 Å². The quantitative estimate of drug-likeness (QED) is 0.462. The Balaban J connectivity index is 2.91. The fraction of sp³-hybridized carbons (Fsp3) is 0.222. The zero-order chi connectivity index (χ0) is 11.3. The first-order valence-corrected chi connectivity index (χ1v) is 5.06. The molecule has 1 heterocycles. The van der Waals surface area contributed by atoms with E-state index in [0.29, 0.717) is 5.82 Å². The standard InChI is InChI=1S/C9H10BrN3O2/c1-2-15-9(14)7(3-11)8-12-4-6(10)5-13-8/h3-5,11-12H,2H2,1H3/b8-7-,11-3?. The molecule has 0 atom stereocenters. The molecule has 0 saturated heterocycles. The molecule has 0 aromatic carbocycles. The van der Waals surface area contributed by atoms with Crippen molar-refractivity contribution < 1.29 is 9.53 Å². The number of carbonyl (C=O) groups excluding carboxylic acids is 1. The van der Waals surface area contributed by atoms with Crippen LogP contribution < -0.4 is 5.32 Å². The van der Waals surface area contributed by atoms with Crippen LogP contribution in [0.5, 0.6) is 0 Å². The molecule has 0 aromatic rings. The molecule has 1 aliphatic heterocycles. The summed E-state index contributed by atoms with van der Waals surface area (Å²) in [4.78, 5) is 15.3. The van der Waals surface area contributed by atoms with Gasteiger partial charge in [-0.2, -0.15) is 0 Å². The van der Waals surface area contributed by atoms with Crippen molar-refractivity contribution in [2.45, 2.75) is 6.92 Å². The fourth-order valence-corrected chi connectivity index (χ4v) is 1.13. The number of esters is 1. The molecule has 0 bridgehead atoms. The molecule has 0 fully saturated rings. The Morgan fingerprint density at radius 3 is 3.00 bits per heavy atom. The van der Waals surface area contributed by atoms with Crippen LogP contribution in [-0.4, -0.2) is 25.0 Å². The van der Waals surface area contributed by atoms with Crippen LogP contribution >= 0.6 is 15.9 Å². The predicted octanol–water partition coefficient (Wildman–Crippen LogP) is 1.32. The number of hydrogen-bond acceptors (Lipinski definition) is 5. The van der Waals surface area contributed by atoms with Gasteiger partial charge in [0.1, 0.15) is 11.4 Å². The van der Waals surface area contributed by atoms with E-state index in [9.17, 15) is 4.79 Å². The summed E-state index contributed by atoms with van der Waals surface area (Å²) in [6.07, 6.45) is 4.09. The highest BCUT2D eigenvalue weighted by atomic mass is 79.9. The van der Waals surface area contributed by atoms with Crippen LogP contribution in [-0.2, 0) is 9.53 Å². The lowest BCUT2D eigenvalue weighted by atomic mass is 10.3. The number of halogens is 1. The molecule has 2 N–H and O–H groups in total. The molecule has 1 rings (SSSR count). The van der Waals surface area contributed by atoms with Crippen LogP contribution in [0.15, 0.2) is 27.1 Å². The molecule has 6 heteroatoms. The van der Waals surface area contributed by atoms with Crippen molar-refractivity contribution >= 4 is 34.3 Å². The minimum atomic E-state index is -0.557. The number of allylic oxidation sites excluding steroid dienone is 1. The summed E-state index contributed by atoms with van der Waals surface area (Å²) < 4.78 is 5.54. The first kappa shape index (κ1) is 11.6. The van der Waals surface area contributed by atoms with E-state index in [1.807, 2.05) is 0 Å². The van der Waals surface area contributed by atoms with Crippen molar-refractivity contribution in [2.75, 3.05) is 6.61 Å². The third-order valence-corrected chi connectivity index (χ3v) is 1.99. The molecule has 0 spiro atoms. The van der Waals surface area contributed by atoms with Gasteiger partial charge >= 0.3 is 5.97 Å². The smallest absolute Gasteiger partial charge is 0.343 e. The summed E-state index contributed by atoms with van der Waals surface area (Å²) in [6.45, 7) is 1.98. The Morgan fingerprint density at radius 1 is 1.80 bits per heavy atom. The molecule has 1 aliphatic rings. The Morgan fingerprint density at radius 2 is 2.53 bits per heavy atom. The van der Waals surface area contributed by atoms with Gasteiger partial charge in [-0.3, -0.25) is 0 Å². The van der Waals surface area contributed by atoms with Gasteiger partial charge in [0.15, 0.2) is 0 Å². The van der Waals surface area contributed by atoms with Crippen molar-refractivity contribution in [3.8, 4) is 0 Å². The second-order valence-electron chi connectivity index (χ2n) is 2.56. The van der Waals surface area contributed by atoms with Gasteiger partial charge in [-0.1, -0.05) is 0 Å². The van der Waals surface area contributed by atoms with E-state index in [1.54, 1.807) is 13.1 Å². The van der Waals surface area contributed by atoms with Crippen LogP contribution in [0.25, 0.3) is 0 Å². The second-order valence-corrected chi connectivity index (χ2v) is 3.47. The Hall–Kier alpha value is -1.43. The van der Waals surface area contributed by atoms with Gasteiger partial charge in [0.2, 0.25) is 0 Å². The molecule has 5 nitrogen and oxygen atoms in total. The SMILES string of the molecule is CCOC(=O)/C(C=N)=C1\N=CC(Br)=CN1. The molecule has 0 unspecified atom stereocenters. The van der Waals surface area contributed by atoms with Gasteiger partial charge in [0, 0.05) is 18.6 Å². The maximum atomic E-state index is 11.4. The van der Waals surface area contributed by atoms with E-state index in [-0.39, 0.29) is 12.2 Å². The largest absolute Gasteiger partial charge is 0.462 e. The van der Waals surface area contributed by atoms with Crippen molar-refractivity contribution in [1.82, 2.24) is 5.32 Å². The van der Waals surface area contributed by atoms with Crippen LogP contribution in [0.1, 0.15) is 6.92 Å². The van der Waals surface area contributed by atoms with Crippen molar-refractivity contribution in [3.63, 3.8) is 0 Å². The van der Waals surface area contributed by atoms with Gasteiger partial charge in [-0.25, -0.2) is 9.79 Å². The third kappa shape index (κ3) is 3.02. The molecule has 15 heavy (non-hydrogen) atoms.